The van der Waals surface area contributed by atoms with Crippen LogP contribution in [0.1, 0.15) is 26.3 Å². The summed E-state index contributed by atoms with van der Waals surface area (Å²) >= 11 is 3.33. The van der Waals surface area contributed by atoms with Gasteiger partial charge in [0.15, 0.2) is 6.61 Å². The van der Waals surface area contributed by atoms with Crippen molar-refractivity contribution in [3.05, 3.63) is 40.4 Å². The zero-order chi connectivity index (χ0) is 19.0. The molecule has 1 rings (SSSR count). The molecular formula is C18H23BrN2O4. The van der Waals surface area contributed by atoms with Gasteiger partial charge in [0.25, 0.3) is 5.91 Å². The van der Waals surface area contributed by atoms with Crippen molar-refractivity contribution < 1.29 is 19.1 Å². The van der Waals surface area contributed by atoms with Crippen LogP contribution in [-0.4, -0.2) is 48.4 Å². The lowest BCUT2D eigenvalue weighted by Gasteiger charge is -2.23. The van der Waals surface area contributed by atoms with Crippen LogP contribution < -0.4 is 5.32 Å². The number of nitrogens with one attached hydrogen (secondary N) is 1. The lowest BCUT2D eigenvalue weighted by atomic mass is 10.1. The van der Waals surface area contributed by atoms with Crippen molar-refractivity contribution in [3.63, 3.8) is 0 Å². The zero-order valence-electron chi connectivity index (χ0n) is 14.8. The molecule has 0 bridgehead atoms. The Morgan fingerprint density at radius 1 is 1.20 bits per heavy atom. The molecule has 0 atom stereocenters. The van der Waals surface area contributed by atoms with E-state index in [4.69, 9.17) is 4.74 Å². The molecule has 0 unspecified atom stereocenters. The number of carbonyl (C=O) groups is 3. The number of hydrogen-bond donors (Lipinski definition) is 1. The van der Waals surface area contributed by atoms with E-state index in [0.29, 0.717) is 0 Å². The molecule has 7 heteroatoms. The Morgan fingerprint density at radius 2 is 1.80 bits per heavy atom. The summed E-state index contributed by atoms with van der Waals surface area (Å²) < 4.78 is 5.84. The van der Waals surface area contributed by atoms with E-state index >= 15 is 0 Å². The Balaban J connectivity index is 2.40. The SMILES string of the molecule is CN(CC(=O)NC(C)(C)C)C(=O)COC(=O)/C=C/c1ccc(Br)cc1. The van der Waals surface area contributed by atoms with E-state index in [2.05, 4.69) is 21.2 Å². The van der Waals surface area contributed by atoms with E-state index in [-0.39, 0.29) is 18.0 Å². The Labute approximate surface area is 156 Å². The minimum absolute atomic E-state index is 0.0949. The van der Waals surface area contributed by atoms with Gasteiger partial charge >= 0.3 is 5.97 Å². The second kappa shape index (κ2) is 9.36. The molecule has 25 heavy (non-hydrogen) atoms. The van der Waals surface area contributed by atoms with E-state index in [1.807, 2.05) is 45.0 Å². The Kier molecular flexibility index (Phi) is 7.83. The Bertz CT molecular complexity index is 648. The smallest absolute Gasteiger partial charge is 0.331 e. The van der Waals surface area contributed by atoms with E-state index < -0.39 is 18.5 Å². The standard InChI is InChI=1S/C18H23BrN2O4/c1-18(2,3)20-15(22)11-21(4)16(23)12-25-17(24)10-7-13-5-8-14(19)9-6-13/h5-10H,11-12H2,1-4H3,(H,20,22)/b10-7+. The third-order valence-electron chi connectivity index (χ3n) is 2.94. The van der Waals surface area contributed by atoms with Crippen molar-refractivity contribution in [2.75, 3.05) is 20.2 Å². The lowest BCUT2D eigenvalue weighted by Crippen LogP contribution is -2.46. The fraction of sp³-hybridized carbons (Fsp3) is 0.389. The number of esters is 1. The van der Waals surface area contributed by atoms with Crippen LogP contribution in [0.5, 0.6) is 0 Å². The summed E-state index contributed by atoms with van der Waals surface area (Å²) in [4.78, 5) is 36.5. The third-order valence-corrected chi connectivity index (χ3v) is 3.47. The molecule has 1 aromatic rings. The molecule has 136 valence electrons. The van der Waals surface area contributed by atoms with Crippen molar-refractivity contribution in [3.8, 4) is 0 Å². The first-order valence-corrected chi connectivity index (χ1v) is 8.51. The summed E-state index contributed by atoms with van der Waals surface area (Å²) in [6.07, 6.45) is 2.85. The minimum Gasteiger partial charge on any atom is -0.452 e. The summed E-state index contributed by atoms with van der Waals surface area (Å²) in [6, 6.07) is 7.37. The molecule has 0 aliphatic carbocycles. The van der Waals surface area contributed by atoms with Crippen LogP contribution >= 0.6 is 15.9 Å². The number of halogens is 1. The maximum atomic E-state index is 11.9. The highest BCUT2D eigenvalue weighted by Crippen LogP contribution is 2.11. The summed E-state index contributed by atoms with van der Waals surface area (Å²) in [5, 5.41) is 2.76. The van der Waals surface area contributed by atoms with Crippen molar-refractivity contribution in [2.24, 2.45) is 0 Å². The Hall–Kier alpha value is -2.15. The molecule has 0 saturated heterocycles. The molecule has 0 aliphatic rings. The van der Waals surface area contributed by atoms with Crippen molar-refractivity contribution in [2.45, 2.75) is 26.3 Å². The van der Waals surface area contributed by atoms with Gasteiger partial charge in [-0.1, -0.05) is 28.1 Å². The molecule has 0 heterocycles. The summed E-state index contributed by atoms with van der Waals surface area (Å²) in [6.45, 7) is 5.05. The maximum absolute atomic E-state index is 11.9. The van der Waals surface area contributed by atoms with Gasteiger partial charge in [0.1, 0.15) is 0 Å². The molecule has 0 saturated carbocycles. The van der Waals surface area contributed by atoms with E-state index in [1.54, 1.807) is 6.08 Å². The molecule has 0 aromatic heterocycles. The normalized spacial score (nSPS) is 11.2. The second-order valence-corrected chi connectivity index (χ2v) is 7.46. The Morgan fingerprint density at radius 3 is 2.36 bits per heavy atom. The van der Waals surface area contributed by atoms with Gasteiger partial charge in [-0.3, -0.25) is 9.59 Å². The highest BCUT2D eigenvalue weighted by Gasteiger charge is 2.18. The van der Waals surface area contributed by atoms with Gasteiger partial charge in [-0.05, 0) is 44.5 Å². The van der Waals surface area contributed by atoms with Crippen molar-refractivity contribution in [1.29, 1.82) is 0 Å². The number of likely N-dealkylation sites (N-methyl/N-ethyl adjacent to an activating group) is 1. The highest BCUT2D eigenvalue weighted by molar-refractivity contribution is 9.10. The number of ether oxygens (including phenoxy) is 1. The van der Waals surface area contributed by atoms with Gasteiger partial charge in [0.2, 0.25) is 5.91 Å². The first kappa shape index (κ1) is 20.9. The summed E-state index contributed by atoms with van der Waals surface area (Å²) in [5.74, 6) is -1.34. The van der Waals surface area contributed by atoms with Gasteiger partial charge in [0.05, 0.1) is 6.54 Å². The molecule has 0 spiro atoms. The summed E-state index contributed by atoms with van der Waals surface area (Å²) in [7, 11) is 1.48. The number of hydrogen-bond acceptors (Lipinski definition) is 4. The predicted octanol–water partition coefficient (Wildman–Crippen LogP) is 2.38. The maximum Gasteiger partial charge on any atom is 0.331 e. The van der Waals surface area contributed by atoms with Crippen molar-refractivity contribution >= 4 is 39.8 Å². The number of benzene rings is 1. The largest absolute Gasteiger partial charge is 0.452 e. The van der Waals surface area contributed by atoms with Crippen LogP contribution in [-0.2, 0) is 19.1 Å². The van der Waals surface area contributed by atoms with Crippen LogP contribution in [0, 0.1) is 0 Å². The molecule has 0 fully saturated rings. The number of carbonyl (C=O) groups excluding carboxylic acids is 3. The monoisotopic (exact) mass is 410 g/mol. The average molecular weight is 411 g/mol. The van der Waals surface area contributed by atoms with Crippen LogP contribution in [0.25, 0.3) is 6.08 Å². The van der Waals surface area contributed by atoms with Gasteiger partial charge in [-0.15, -0.1) is 0 Å². The fourth-order valence-corrected chi connectivity index (χ4v) is 2.06. The lowest BCUT2D eigenvalue weighted by molar-refractivity contribution is -0.148. The van der Waals surface area contributed by atoms with Crippen LogP contribution in [0.15, 0.2) is 34.8 Å². The quantitative estimate of drug-likeness (QED) is 0.576. The molecule has 6 nitrogen and oxygen atoms in total. The van der Waals surface area contributed by atoms with Crippen LogP contribution in [0.3, 0.4) is 0 Å². The zero-order valence-corrected chi connectivity index (χ0v) is 16.4. The molecule has 2 amide bonds. The first-order chi connectivity index (χ1) is 11.6. The number of rotatable bonds is 6. The fourth-order valence-electron chi connectivity index (χ4n) is 1.79. The van der Waals surface area contributed by atoms with Crippen molar-refractivity contribution in [1.82, 2.24) is 10.2 Å². The van der Waals surface area contributed by atoms with Gasteiger partial charge < -0.3 is 15.0 Å². The average Bonchev–Trinajstić information content (AvgIpc) is 2.50. The molecule has 1 aromatic carbocycles. The third kappa shape index (κ3) is 9.05. The van der Waals surface area contributed by atoms with Gasteiger partial charge in [0, 0.05) is 23.1 Å². The number of nitrogens with zero attached hydrogens (tertiary/aromatic N) is 1. The first-order valence-electron chi connectivity index (χ1n) is 7.72. The topological polar surface area (TPSA) is 75.7 Å². The minimum atomic E-state index is -0.621. The van der Waals surface area contributed by atoms with Crippen LogP contribution in [0.2, 0.25) is 0 Å². The van der Waals surface area contributed by atoms with Crippen LogP contribution in [0.4, 0.5) is 0 Å². The molecule has 0 radical (unpaired) electrons. The van der Waals surface area contributed by atoms with Gasteiger partial charge in [-0.25, -0.2) is 4.79 Å². The summed E-state index contributed by atoms with van der Waals surface area (Å²) in [5.41, 5.74) is 0.466. The molecular weight excluding hydrogens is 388 g/mol. The number of amides is 2. The second-order valence-electron chi connectivity index (χ2n) is 6.54. The molecule has 0 aliphatic heterocycles. The highest BCUT2D eigenvalue weighted by atomic mass is 79.9. The van der Waals surface area contributed by atoms with E-state index in [1.165, 1.54) is 18.0 Å². The molecule has 1 N–H and O–H groups in total. The van der Waals surface area contributed by atoms with E-state index in [0.717, 1.165) is 10.0 Å². The predicted molar refractivity (Wildman–Crippen MR) is 99.7 cm³/mol. The van der Waals surface area contributed by atoms with Gasteiger partial charge in [-0.2, -0.15) is 0 Å². The van der Waals surface area contributed by atoms with E-state index in [9.17, 15) is 14.4 Å².